The fraction of sp³-hybridized carbons (Fsp3) is 0.467. The maximum atomic E-state index is 12.3. The lowest BCUT2D eigenvalue weighted by molar-refractivity contribution is 0.0954. The van der Waals surface area contributed by atoms with Crippen LogP contribution in [0.2, 0.25) is 0 Å². The zero-order valence-corrected chi connectivity index (χ0v) is 14.5. The molecule has 2 aromatic rings. The van der Waals surface area contributed by atoms with Gasteiger partial charge < -0.3 is 20.7 Å². The van der Waals surface area contributed by atoms with Gasteiger partial charge in [0.05, 0.1) is 17.5 Å². The number of nitrogens with one attached hydrogen (secondary N) is 1. The molecule has 8 nitrogen and oxygen atoms in total. The van der Waals surface area contributed by atoms with Gasteiger partial charge in [0.1, 0.15) is 0 Å². The predicted molar refractivity (Wildman–Crippen MR) is 92.0 cm³/mol. The summed E-state index contributed by atoms with van der Waals surface area (Å²) in [5.41, 5.74) is 5.67. The van der Waals surface area contributed by atoms with Gasteiger partial charge >= 0.3 is 0 Å². The summed E-state index contributed by atoms with van der Waals surface area (Å²) < 4.78 is 5.64. The number of anilines is 2. The molecule has 0 radical (unpaired) electrons. The fourth-order valence-corrected chi connectivity index (χ4v) is 3.41. The van der Waals surface area contributed by atoms with E-state index in [2.05, 4.69) is 20.3 Å². The minimum atomic E-state index is -0.158. The van der Waals surface area contributed by atoms with Crippen molar-refractivity contribution in [1.82, 2.24) is 20.3 Å². The number of carbonyl (C=O) groups is 1. The zero-order valence-electron chi connectivity index (χ0n) is 13.7. The van der Waals surface area contributed by atoms with Crippen molar-refractivity contribution in [2.24, 2.45) is 0 Å². The molecule has 0 aliphatic carbocycles. The average Bonchev–Trinajstić information content (AvgIpc) is 3.22. The van der Waals surface area contributed by atoms with Gasteiger partial charge in [-0.2, -0.15) is 15.0 Å². The van der Waals surface area contributed by atoms with Crippen LogP contribution in [0.5, 0.6) is 0 Å². The molecule has 1 amide bonds. The molecular weight excluding hydrogens is 328 g/mol. The number of aromatic nitrogens is 3. The number of rotatable bonds is 5. The summed E-state index contributed by atoms with van der Waals surface area (Å²) in [5.74, 6) is 0.864. The Hall–Kier alpha value is -2.26. The second kappa shape index (κ2) is 7.10. The first-order valence-electron chi connectivity index (χ1n) is 7.70. The smallest absolute Gasteiger partial charge is 0.261 e. The van der Waals surface area contributed by atoms with Gasteiger partial charge in [-0.25, -0.2) is 0 Å². The monoisotopic (exact) mass is 348 g/mol. The van der Waals surface area contributed by atoms with Crippen LogP contribution in [0.1, 0.15) is 39.3 Å². The van der Waals surface area contributed by atoms with Crippen molar-refractivity contribution in [2.45, 2.75) is 25.5 Å². The second-order valence-corrected chi connectivity index (χ2v) is 6.81. The molecule has 0 unspecified atom stereocenters. The molecule has 3 heterocycles. The summed E-state index contributed by atoms with van der Waals surface area (Å²) >= 11 is 1.46. The molecule has 1 aliphatic rings. The summed E-state index contributed by atoms with van der Waals surface area (Å²) in [6, 6.07) is 3.78. The van der Waals surface area contributed by atoms with E-state index < -0.39 is 0 Å². The molecule has 0 aromatic carbocycles. The highest BCUT2D eigenvalue weighted by Gasteiger charge is 2.21. The highest BCUT2D eigenvalue weighted by Crippen LogP contribution is 2.33. The first-order chi connectivity index (χ1) is 11.5. The number of hydrogen-bond donors (Lipinski definition) is 2. The third-order valence-electron chi connectivity index (χ3n) is 3.59. The van der Waals surface area contributed by atoms with Crippen molar-refractivity contribution in [1.29, 1.82) is 0 Å². The molecular formula is C15H20N6O2S. The molecule has 128 valence electrons. The number of carbonyl (C=O) groups excluding carboxylic acids is 1. The van der Waals surface area contributed by atoms with Crippen LogP contribution in [-0.2, 0) is 11.3 Å². The highest BCUT2D eigenvalue weighted by molar-refractivity contribution is 7.14. The topological polar surface area (TPSA) is 106 Å². The summed E-state index contributed by atoms with van der Waals surface area (Å²) in [6.07, 6.45) is 2.21. The van der Waals surface area contributed by atoms with Gasteiger partial charge in [-0.3, -0.25) is 4.79 Å². The van der Waals surface area contributed by atoms with Crippen LogP contribution in [0, 0.1) is 0 Å². The van der Waals surface area contributed by atoms with Gasteiger partial charge in [-0.1, -0.05) is 0 Å². The Kier molecular flexibility index (Phi) is 4.91. The first-order valence-corrected chi connectivity index (χ1v) is 8.52. The predicted octanol–water partition coefficient (Wildman–Crippen LogP) is 1.36. The molecule has 0 spiro atoms. The van der Waals surface area contributed by atoms with Crippen molar-refractivity contribution in [3.63, 3.8) is 0 Å². The Morgan fingerprint density at radius 3 is 2.96 bits per heavy atom. The number of nitrogens with zero attached hydrogens (tertiary/aromatic N) is 4. The lowest BCUT2D eigenvalue weighted by atomic mass is 10.2. The van der Waals surface area contributed by atoms with E-state index in [0.29, 0.717) is 16.6 Å². The Morgan fingerprint density at radius 2 is 2.25 bits per heavy atom. The summed E-state index contributed by atoms with van der Waals surface area (Å²) in [5, 5.41) is 2.82. The maximum absolute atomic E-state index is 12.3. The second-order valence-electron chi connectivity index (χ2n) is 5.69. The molecule has 3 N–H and O–H groups in total. The number of nitrogen functional groups attached to an aromatic ring is 1. The van der Waals surface area contributed by atoms with Gasteiger partial charge in [-0.15, -0.1) is 11.3 Å². The summed E-state index contributed by atoms with van der Waals surface area (Å²) in [4.78, 5) is 28.1. The largest absolute Gasteiger partial charge is 0.373 e. The van der Waals surface area contributed by atoms with Crippen molar-refractivity contribution >= 4 is 29.1 Å². The molecule has 1 aliphatic heterocycles. The Balaban J connectivity index is 1.63. The van der Waals surface area contributed by atoms with Crippen LogP contribution in [0.4, 0.5) is 11.9 Å². The summed E-state index contributed by atoms with van der Waals surface area (Å²) in [7, 11) is 3.63. The maximum Gasteiger partial charge on any atom is 0.261 e. The molecule has 1 saturated heterocycles. The molecule has 24 heavy (non-hydrogen) atoms. The van der Waals surface area contributed by atoms with E-state index in [1.54, 1.807) is 4.90 Å². The third kappa shape index (κ3) is 3.80. The Morgan fingerprint density at radius 1 is 1.42 bits per heavy atom. The molecule has 1 atom stereocenters. The van der Waals surface area contributed by atoms with E-state index >= 15 is 0 Å². The highest BCUT2D eigenvalue weighted by atomic mass is 32.1. The first kappa shape index (κ1) is 16.6. The molecule has 0 bridgehead atoms. The van der Waals surface area contributed by atoms with E-state index in [-0.39, 0.29) is 24.5 Å². The number of amides is 1. The fourth-order valence-electron chi connectivity index (χ4n) is 2.40. The minimum absolute atomic E-state index is 0.127. The van der Waals surface area contributed by atoms with Crippen LogP contribution in [-0.4, -0.2) is 41.6 Å². The number of hydrogen-bond acceptors (Lipinski definition) is 8. The molecule has 3 rings (SSSR count). The van der Waals surface area contributed by atoms with Gasteiger partial charge in [0.25, 0.3) is 5.91 Å². The van der Waals surface area contributed by atoms with Crippen LogP contribution in [0.15, 0.2) is 12.1 Å². The van der Waals surface area contributed by atoms with Crippen LogP contribution in [0.25, 0.3) is 0 Å². The minimum Gasteiger partial charge on any atom is -0.373 e. The van der Waals surface area contributed by atoms with E-state index in [9.17, 15) is 4.79 Å². The van der Waals surface area contributed by atoms with E-state index in [4.69, 9.17) is 10.5 Å². The van der Waals surface area contributed by atoms with Gasteiger partial charge in [0.15, 0.2) is 5.82 Å². The number of nitrogens with two attached hydrogens (primary N) is 1. The Labute approximate surface area is 144 Å². The van der Waals surface area contributed by atoms with Crippen molar-refractivity contribution in [3.8, 4) is 0 Å². The van der Waals surface area contributed by atoms with Crippen LogP contribution >= 0.6 is 11.3 Å². The standard InChI is InChI=1S/C15H20N6O2S/c1-21(2)15-19-12(18-14(16)20-15)8-17-13(22)11-6-5-10(24-11)9-4-3-7-23-9/h5-6,9H,3-4,7-8H2,1-2H3,(H,17,22)(H2,16,18,19,20)/t9-/m0/s1. The van der Waals surface area contributed by atoms with Crippen molar-refractivity contribution in [3.05, 3.63) is 27.7 Å². The molecule has 9 heteroatoms. The van der Waals surface area contributed by atoms with E-state index in [1.165, 1.54) is 11.3 Å². The molecule has 0 saturated carbocycles. The van der Waals surface area contributed by atoms with Crippen LogP contribution < -0.4 is 16.0 Å². The SMILES string of the molecule is CN(C)c1nc(N)nc(CNC(=O)c2ccc([C@@H]3CCCO3)s2)n1. The van der Waals surface area contributed by atoms with E-state index in [0.717, 1.165) is 24.3 Å². The lowest BCUT2D eigenvalue weighted by Crippen LogP contribution is -2.24. The third-order valence-corrected chi connectivity index (χ3v) is 4.77. The normalized spacial score (nSPS) is 17.0. The number of ether oxygens (including phenoxy) is 1. The summed E-state index contributed by atoms with van der Waals surface area (Å²) in [6.45, 7) is 0.985. The molecule has 2 aromatic heterocycles. The average molecular weight is 348 g/mol. The van der Waals surface area contributed by atoms with Gasteiger partial charge in [-0.05, 0) is 25.0 Å². The van der Waals surface area contributed by atoms with Crippen molar-refractivity contribution < 1.29 is 9.53 Å². The van der Waals surface area contributed by atoms with E-state index in [1.807, 2.05) is 26.2 Å². The van der Waals surface area contributed by atoms with Crippen LogP contribution in [0.3, 0.4) is 0 Å². The van der Waals surface area contributed by atoms with Gasteiger partial charge in [0, 0.05) is 25.6 Å². The van der Waals surface area contributed by atoms with Crippen molar-refractivity contribution in [2.75, 3.05) is 31.3 Å². The molecule has 1 fully saturated rings. The lowest BCUT2D eigenvalue weighted by Gasteiger charge is -2.11. The quantitative estimate of drug-likeness (QED) is 0.840. The zero-order chi connectivity index (χ0) is 17.1. The Bertz CT molecular complexity index is 727. The van der Waals surface area contributed by atoms with Gasteiger partial charge in [0.2, 0.25) is 11.9 Å². The number of thiophene rings is 1.